The van der Waals surface area contributed by atoms with Gasteiger partial charge in [-0.15, -0.1) is 0 Å². The molecule has 6 nitrogen and oxygen atoms in total. The van der Waals surface area contributed by atoms with Crippen molar-refractivity contribution in [3.8, 4) is 0 Å². The number of carbonyl (C=O) groups is 3. The molecule has 1 unspecified atom stereocenters. The third-order valence-electron chi connectivity index (χ3n) is 11.6. The minimum absolute atomic E-state index is 0.0761. The molecular weight excluding hydrogens is 757 g/mol. The lowest BCUT2D eigenvalue weighted by Crippen LogP contribution is -2.30. The summed E-state index contributed by atoms with van der Waals surface area (Å²) in [5.74, 6) is -0.881. The molecule has 0 saturated carbocycles. The van der Waals surface area contributed by atoms with Gasteiger partial charge in [0.25, 0.3) is 0 Å². The molecule has 0 aromatic heterocycles. The molecule has 0 heterocycles. The average molecular weight is 857 g/mol. The fraction of sp³-hybridized carbons (Fsp3) is 0.836. The fourth-order valence-electron chi connectivity index (χ4n) is 7.59. The van der Waals surface area contributed by atoms with Crippen molar-refractivity contribution in [2.24, 2.45) is 0 Å². The molecule has 0 rings (SSSR count). The van der Waals surface area contributed by atoms with E-state index in [-0.39, 0.29) is 31.1 Å². The number of allylic oxidation sites excluding steroid dienone is 6. The Morgan fingerprint density at radius 1 is 0.328 bits per heavy atom. The van der Waals surface area contributed by atoms with Crippen LogP contribution in [-0.2, 0) is 28.6 Å². The van der Waals surface area contributed by atoms with Crippen LogP contribution >= 0.6 is 0 Å². The normalized spacial score (nSPS) is 12.2. The lowest BCUT2D eigenvalue weighted by molar-refractivity contribution is -0.167. The number of esters is 3. The van der Waals surface area contributed by atoms with Crippen LogP contribution in [0.2, 0.25) is 0 Å². The van der Waals surface area contributed by atoms with Crippen molar-refractivity contribution < 1.29 is 28.6 Å². The van der Waals surface area contributed by atoms with Crippen molar-refractivity contribution in [3.63, 3.8) is 0 Å². The third kappa shape index (κ3) is 48.5. The van der Waals surface area contributed by atoms with E-state index in [1.165, 1.54) is 161 Å². The van der Waals surface area contributed by atoms with Crippen molar-refractivity contribution in [1.29, 1.82) is 0 Å². The SMILES string of the molecule is CCCCC/C=C\CCCCCCCC(=O)OCC(COC(=O)CCCCCCCCC/C=C\C/C=C\CCCCCC)OC(=O)CCCCCCCCCCCCCCC. The molecule has 0 aliphatic rings. The zero-order valence-electron chi connectivity index (χ0n) is 40.7. The topological polar surface area (TPSA) is 78.9 Å². The second-order valence-electron chi connectivity index (χ2n) is 17.8. The summed E-state index contributed by atoms with van der Waals surface area (Å²) in [4.78, 5) is 38.0. The summed E-state index contributed by atoms with van der Waals surface area (Å²) in [6.45, 7) is 6.60. The maximum absolute atomic E-state index is 12.8. The van der Waals surface area contributed by atoms with Gasteiger partial charge in [-0.25, -0.2) is 0 Å². The summed E-state index contributed by atoms with van der Waals surface area (Å²) >= 11 is 0. The smallest absolute Gasteiger partial charge is 0.306 e. The largest absolute Gasteiger partial charge is 0.462 e. The van der Waals surface area contributed by atoms with Crippen molar-refractivity contribution in [2.75, 3.05) is 13.2 Å². The lowest BCUT2D eigenvalue weighted by atomic mass is 10.0. The molecule has 0 aromatic carbocycles. The summed E-state index contributed by atoms with van der Waals surface area (Å²) in [6, 6.07) is 0. The second-order valence-corrected chi connectivity index (χ2v) is 17.8. The molecule has 0 aliphatic heterocycles. The molecule has 0 spiro atoms. The van der Waals surface area contributed by atoms with Gasteiger partial charge in [0, 0.05) is 19.3 Å². The summed E-state index contributed by atoms with van der Waals surface area (Å²) < 4.78 is 16.8. The highest BCUT2D eigenvalue weighted by Gasteiger charge is 2.19. The first-order valence-electron chi connectivity index (χ1n) is 26.5. The van der Waals surface area contributed by atoms with Gasteiger partial charge in [-0.1, -0.05) is 218 Å². The van der Waals surface area contributed by atoms with Crippen molar-refractivity contribution >= 4 is 17.9 Å². The molecule has 0 saturated heterocycles. The highest BCUT2D eigenvalue weighted by molar-refractivity contribution is 5.71. The average Bonchev–Trinajstić information content (AvgIpc) is 3.26. The van der Waals surface area contributed by atoms with E-state index >= 15 is 0 Å². The van der Waals surface area contributed by atoms with E-state index in [2.05, 4.69) is 57.2 Å². The first kappa shape index (κ1) is 58.6. The lowest BCUT2D eigenvalue weighted by Gasteiger charge is -2.18. The van der Waals surface area contributed by atoms with Gasteiger partial charge in [0.2, 0.25) is 0 Å². The Kier molecular flexibility index (Phi) is 48.3. The number of hydrogen-bond acceptors (Lipinski definition) is 6. The number of hydrogen-bond donors (Lipinski definition) is 0. The predicted molar refractivity (Wildman–Crippen MR) is 261 cm³/mol. The van der Waals surface area contributed by atoms with E-state index in [0.717, 1.165) is 77.0 Å². The summed E-state index contributed by atoms with van der Waals surface area (Å²) in [6.07, 6.45) is 58.4. The van der Waals surface area contributed by atoms with Crippen LogP contribution in [0.3, 0.4) is 0 Å². The van der Waals surface area contributed by atoms with E-state index in [4.69, 9.17) is 14.2 Å². The van der Waals surface area contributed by atoms with Gasteiger partial charge in [0.15, 0.2) is 6.10 Å². The Hall–Kier alpha value is -2.37. The minimum Gasteiger partial charge on any atom is -0.462 e. The summed E-state index contributed by atoms with van der Waals surface area (Å²) in [7, 11) is 0. The quantitative estimate of drug-likeness (QED) is 0.0262. The van der Waals surface area contributed by atoms with Gasteiger partial charge >= 0.3 is 17.9 Å². The maximum Gasteiger partial charge on any atom is 0.306 e. The monoisotopic (exact) mass is 857 g/mol. The van der Waals surface area contributed by atoms with E-state index in [1.807, 2.05) is 0 Å². The molecule has 1 atom stereocenters. The Balaban J connectivity index is 4.34. The van der Waals surface area contributed by atoms with Gasteiger partial charge < -0.3 is 14.2 Å². The van der Waals surface area contributed by atoms with E-state index in [1.54, 1.807) is 0 Å². The Morgan fingerprint density at radius 2 is 0.590 bits per heavy atom. The van der Waals surface area contributed by atoms with Gasteiger partial charge in [-0.3, -0.25) is 14.4 Å². The van der Waals surface area contributed by atoms with Crippen LogP contribution in [0.15, 0.2) is 36.5 Å². The van der Waals surface area contributed by atoms with E-state index in [9.17, 15) is 14.4 Å². The molecular formula is C55H100O6. The summed E-state index contributed by atoms with van der Waals surface area (Å²) in [5.41, 5.74) is 0. The van der Waals surface area contributed by atoms with Crippen molar-refractivity contribution in [1.82, 2.24) is 0 Å². The molecule has 0 amide bonds. The molecule has 61 heavy (non-hydrogen) atoms. The summed E-state index contributed by atoms with van der Waals surface area (Å²) in [5, 5.41) is 0. The number of rotatable bonds is 48. The molecule has 0 N–H and O–H groups in total. The molecule has 0 bridgehead atoms. The van der Waals surface area contributed by atoms with Crippen molar-refractivity contribution in [3.05, 3.63) is 36.5 Å². The van der Waals surface area contributed by atoms with Gasteiger partial charge in [0.05, 0.1) is 0 Å². The molecule has 0 aliphatic carbocycles. The van der Waals surface area contributed by atoms with Crippen LogP contribution in [0.4, 0.5) is 0 Å². The highest BCUT2D eigenvalue weighted by Crippen LogP contribution is 2.15. The van der Waals surface area contributed by atoms with Crippen LogP contribution in [0, 0.1) is 0 Å². The van der Waals surface area contributed by atoms with Gasteiger partial charge in [-0.2, -0.15) is 0 Å². The Morgan fingerprint density at radius 3 is 0.967 bits per heavy atom. The van der Waals surface area contributed by atoms with Crippen LogP contribution in [0.25, 0.3) is 0 Å². The second kappa shape index (κ2) is 50.3. The first-order valence-corrected chi connectivity index (χ1v) is 26.5. The Labute approximate surface area is 378 Å². The predicted octanol–water partition coefficient (Wildman–Crippen LogP) is 17.3. The van der Waals surface area contributed by atoms with Crippen LogP contribution in [-0.4, -0.2) is 37.2 Å². The van der Waals surface area contributed by atoms with E-state index < -0.39 is 6.10 Å². The van der Waals surface area contributed by atoms with E-state index in [0.29, 0.717) is 19.3 Å². The zero-order valence-corrected chi connectivity index (χ0v) is 40.7. The standard InChI is InChI=1S/C55H100O6/c1-4-7-10-13-16-19-22-25-26-27-28-29-31-33-36-39-42-45-48-54(57)60-51-52(50-59-53(56)47-44-41-38-35-32-24-21-18-15-12-9-6-3)61-55(58)49-46-43-40-37-34-30-23-20-17-14-11-8-5-2/h18-19,21-22,26-27,52H,4-17,20,23-25,28-51H2,1-3H3/b21-18-,22-19-,27-26-. The molecule has 0 aromatic rings. The first-order chi connectivity index (χ1) is 30.0. The molecule has 0 radical (unpaired) electrons. The molecule has 356 valence electrons. The molecule has 0 fully saturated rings. The van der Waals surface area contributed by atoms with Crippen LogP contribution in [0.5, 0.6) is 0 Å². The minimum atomic E-state index is -0.774. The number of unbranched alkanes of at least 4 members (excludes halogenated alkanes) is 31. The zero-order chi connectivity index (χ0) is 44.4. The van der Waals surface area contributed by atoms with Crippen molar-refractivity contribution in [2.45, 2.75) is 284 Å². The Bertz CT molecular complexity index is 1030. The van der Waals surface area contributed by atoms with Crippen LogP contribution < -0.4 is 0 Å². The van der Waals surface area contributed by atoms with Gasteiger partial charge in [0.1, 0.15) is 13.2 Å². The van der Waals surface area contributed by atoms with Crippen LogP contribution in [0.1, 0.15) is 278 Å². The highest BCUT2D eigenvalue weighted by atomic mass is 16.6. The number of ether oxygens (including phenoxy) is 3. The third-order valence-corrected chi connectivity index (χ3v) is 11.6. The number of carbonyl (C=O) groups excluding carboxylic acids is 3. The fourth-order valence-corrected chi connectivity index (χ4v) is 7.59. The van der Waals surface area contributed by atoms with Gasteiger partial charge in [-0.05, 0) is 77.0 Å². The molecule has 6 heteroatoms. The maximum atomic E-state index is 12.8.